The number of anilines is 2. The predicted octanol–water partition coefficient (Wildman–Crippen LogP) is 3.13. The molecule has 5 nitrogen and oxygen atoms in total. The van der Waals surface area contributed by atoms with Gasteiger partial charge in [-0.1, -0.05) is 17.7 Å². The molecule has 1 aliphatic rings. The van der Waals surface area contributed by atoms with Crippen LogP contribution in [-0.2, 0) is 0 Å². The Morgan fingerprint density at radius 3 is 2.50 bits per heavy atom. The number of aldehydes is 1. The van der Waals surface area contributed by atoms with Crippen LogP contribution in [0.4, 0.5) is 11.4 Å². The molecule has 3 rings (SSSR count). The minimum atomic E-state index is 0.595. The first kappa shape index (κ1) is 16.4. The molecule has 0 spiro atoms. The monoisotopic (exact) mass is 342 g/mol. The number of benzene rings is 2. The van der Waals surface area contributed by atoms with Crippen molar-refractivity contribution in [2.45, 2.75) is 6.92 Å². The maximum Gasteiger partial charge on any atom is 0.150 e. The van der Waals surface area contributed by atoms with Crippen molar-refractivity contribution in [3.8, 4) is 0 Å². The summed E-state index contributed by atoms with van der Waals surface area (Å²) in [5, 5.41) is 2.33. The van der Waals surface area contributed by atoms with Gasteiger partial charge in [-0.25, -0.2) is 5.84 Å². The summed E-state index contributed by atoms with van der Waals surface area (Å²) in [5.41, 5.74) is 10.9. The molecule has 2 aromatic rings. The van der Waals surface area contributed by atoms with Gasteiger partial charge in [0.25, 0.3) is 0 Å². The maximum absolute atomic E-state index is 11.2. The van der Waals surface area contributed by atoms with E-state index in [-0.39, 0.29) is 0 Å². The molecule has 1 aliphatic heterocycles. The number of fused-ring (bicyclic) bond motifs is 1. The summed E-state index contributed by atoms with van der Waals surface area (Å²) in [6, 6.07) is 13.1. The first-order valence-corrected chi connectivity index (χ1v) is 8.00. The standard InChI is InChI=1S/C18H19ClN4O/c1-12(20)18-16-7-2-13(11-24)10-17(16)22(8-9-23(18)21)15-5-3-14(19)4-6-15/h2-7,10-11H,8-9,20-21H2,1H3/b18-12-. The molecule has 0 aliphatic carbocycles. The number of rotatable bonds is 2. The number of carbonyl (C=O) groups is 1. The van der Waals surface area contributed by atoms with Crippen LogP contribution in [0.2, 0.25) is 5.02 Å². The fraction of sp³-hybridized carbons (Fsp3) is 0.167. The normalized spacial score (nSPS) is 16.5. The number of nitrogens with two attached hydrogens (primary N) is 2. The van der Waals surface area contributed by atoms with Crippen molar-refractivity contribution in [1.29, 1.82) is 0 Å². The highest BCUT2D eigenvalue weighted by atomic mass is 35.5. The summed E-state index contributed by atoms with van der Waals surface area (Å²) in [4.78, 5) is 13.4. The van der Waals surface area contributed by atoms with Gasteiger partial charge in [-0.05, 0) is 43.3 Å². The van der Waals surface area contributed by atoms with Gasteiger partial charge in [0.05, 0.1) is 17.9 Å². The molecule has 4 N–H and O–H groups in total. The van der Waals surface area contributed by atoms with E-state index in [9.17, 15) is 4.79 Å². The third-order valence-electron chi connectivity index (χ3n) is 4.07. The van der Waals surface area contributed by atoms with Crippen molar-refractivity contribution >= 4 is 35.0 Å². The van der Waals surface area contributed by atoms with Crippen LogP contribution in [0.25, 0.3) is 5.70 Å². The molecule has 1 heterocycles. The number of hydrazine groups is 1. The van der Waals surface area contributed by atoms with E-state index in [1.54, 1.807) is 11.1 Å². The molecule has 6 heteroatoms. The molecule has 0 atom stereocenters. The van der Waals surface area contributed by atoms with Gasteiger partial charge < -0.3 is 15.6 Å². The number of carbonyl (C=O) groups excluding carboxylic acids is 1. The summed E-state index contributed by atoms with van der Waals surface area (Å²) in [5.74, 6) is 6.21. The lowest BCUT2D eigenvalue weighted by atomic mass is 10.0. The Balaban J connectivity index is 2.22. The first-order valence-electron chi connectivity index (χ1n) is 7.62. The summed E-state index contributed by atoms with van der Waals surface area (Å²) in [7, 11) is 0. The van der Waals surface area contributed by atoms with Gasteiger partial charge in [0, 0.05) is 34.1 Å². The molecule has 0 radical (unpaired) electrons. The largest absolute Gasteiger partial charge is 0.401 e. The van der Waals surface area contributed by atoms with E-state index < -0.39 is 0 Å². The SMILES string of the molecule is C/C(N)=C1\c2ccc(C=O)cc2N(c2ccc(Cl)cc2)CCN1N. The van der Waals surface area contributed by atoms with Crippen molar-refractivity contribution in [1.82, 2.24) is 5.01 Å². The van der Waals surface area contributed by atoms with E-state index in [0.717, 1.165) is 28.9 Å². The Morgan fingerprint density at radius 1 is 1.17 bits per heavy atom. The van der Waals surface area contributed by atoms with Gasteiger partial charge in [0.2, 0.25) is 0 Å². The summed E-state index contributed by atoms with van der Waals surface area (Å²) < 4.78 is 0. The lowest BCUT2D eigenvalue weighted by molar-refractivity contribution is 0.112. The number of halogens is 1. The predicted molar refractivity (Wildman–Crippen MR) is 98.0 cm³/mol. The lowest BCUT2D eigenvalue weighted by Gasteiger charge is -2.25. The molecule has 0 saturated heterocycles. The van der Waals surface area contributed by atoms with E-state index in [2.05, 4.69) is 4.90 Å². The Kier molecular flexibility index (Phi) is 4.46. The number of nitrogens with zero attached hydrogens (tertiary/aromatic N) is 2. The Bertz CT molecular complexity index is 797. The molecule has 0 unspecified atom stereocenters. The summed E-state index contributed by atoms with van der Waals surface area (Å²) in [6.45, 7) is 3.08. The third-order valence-corrected chi connectivity index (χ3v) is 4.32. The van der Waals surface area contributed by atoms with Crippen molar-refractivity contribution in [2.24, 2.45) is 11.6 Å². The van der Waals surface area contributed by atoms with Crippen LogP contribution >= 0.6 is 11.6 Å². The average Bonchev–Trinajstić information content (AvgIpc) is 2.71. The van der Waals surface area contributed by atoms with Gasteiger partial charge >= 0.3 is 0 Å². The zero-order chi connectivity index (χ0) is 17.3. The van der Waals surface area contributed by atoms with E-state index in [1.807, 2.05) is 43.3 Å². The van der Waals surface area contributed by atoms with Crippen molar-refractivity contribution < 1.29 is 4.79 Å². The Hall–Kier alpha value is -2.50. The highest BCUT2D eigenvalue weighted by molar-refractivity contribution is 6.30. The summed E-state index contributed by atoms with van der Waals surface area (Å²) in [6.07, 6.45) is 0.837. The van der Waals surface area contributed by atoms with Crippen LogP contribution in [0.3, 0.4) is 0 Å². The van der Waals surface area contributed by atoms with Crippen molar-refractivity contribution in [3.05, 3.63) is 64.3 Å². The van der Waals surface area contributed by atoms with Crippen LogP contribution < -0.4 is 16.5 Å². The second kappa shape index (κ2) is 6.55. The van der Waals surface area contributed by atoms with Crippen LogP contribution in [0.5, 0.6) is 0 Å². The maximum atomic E-state index is 11.2. The van der Waals surface area contributed by atoms with Gasteiger partial charge in [-0.3, -0.25) is 4.79 Å². The molecule has 0 fully saturated rings. The third kappa shape index (κ3) is 2.96. The molecular formula is C18H19ClN4O. The van der Waals surface area contributed by atoms with Gasteiger partial charge in [-0.15, -0.1) is 0 Å². The van der Waals surface area contributed by atoms with E-state index >= 15 is 0 Å². The zero-order valence-electron chi connectivity index (χ0n) is 13.4. The van der Waals surface area contributed by atoms with Gasteiger partial charge in [-0.2, -0.15) is 0 Å². The molecular weight excluding hydrogens is 324 g/mol. The molecule has 124 valence electrons. The molecule has 2 aromatic carbocycles. The van der Waals surface area contributed by atoms with E-state index in [1.165, 1.54) is 0 Å². The fourth-order valence-electron chi connectivity index (χ4n) is 2.97. The highest BCUT2D eigenvalue weighted by Crippen LogP contribution is 2.37. The molecule has 0 bridgehead atoms. The smallest absolute Gasteiger partial charge is 0.150 e. The lowest BCUT2D eigenvalue weighted by Crippen LogP contribution is -2.34. The Labute approximate surface area is 146 Å². The number of hydrogen-bond donors (Lipinski definition) is 2. The van der Waals surface area contributed by atoms with Crippen LogP contribution in [-0.4, -0.2) is 24.4 Å². The molecule has 0 saturated carbocycles. The number of allylic oxidation sites excluding steroid dienone is 1. The van der Waals surface area contributed by atoms with E-state index in [4.69, 9.17) is 23.2 Å². The highest BCUT2D eigenvalue weighted by Gasteiger charge is 2.24. The topological polar surface area (TPSA) is 75.6 Å². The summed E-state index contributed by atoms with van der Waals surface area (Å²) >= 11 is 6.00. The van der Waals surface area contributed by atoms with Crippen LogP contribution in [0.1, 0.15) is 22.8 Å². The van der Waals surface area contributed by atoms with Crippen LogP contribution in [0.15, 0.2) is 48.2 Å². The van der Waals surface area contributed by atoms with Crippen LogP contribution in [0, 0.1) is 0 Å². The fourth-order valence-corrected chi connectivity index (χ4v) is 3.09. The zero-order valence-corrected chi connectivity index (χ0v) is 14.1. The second-order valence-electron chi connectivity index (χ2n) is 5.75. The Morgan fingerprint density at radius 2 is 1.88 bits per heavy atom. The van der Waals surface area contributed by atoms with Crippen molar-refractivity contribution in [3.63, 3.8) is 0 Å². The van der Waals surface area contributed by atoms with E-state index in [0.29, 0.717) is 29.4 Å². The van der Waals surface area contributed by atoms with Gasteiger partial charge in [0.1, 0.15) is 6.29 Å². The first-order chi connectivity index (χ1) is 11.5. The van der Waals surface area contributed by atoms with Gasteiger partial charge in [0.15, 0.2) is 0 Å². The number of hydrogen-bond acceptors (Lipinski definition) is 5. The minimum absolute atomic E-state index is 0.595. The molecule has 24 heavy (non-hydrogen) atoms. The second-order valence-corrected chi connectivity index (χ2v) is 6.18. The molecule has 0 aromatic heterocycles. The average molecular weight is 343 g/mol. The minimum Gasteiger partial charge on any atom is -0.401 e. The van der Waals surface area contributed by atoms with Crippen molar-refractivity contribution in [2.75, 3.05) is 18.0 Å². The quantitative estimate of drug-likeness (QED) is 0.647. The molecule has 0 amide bonds.